The molecule has 4 N–H and O–H groups in total. The number of piperazine rings is 1. The maximum Gasteiger partial charge on any atom is 0.239 e. The molecule has 2 amide bonds. The normalized spacial score (nSPS) is 22.4. The molecule has 1 unspecified atom stereocenters. The van der Waals surface area contributed by atoms with Crippen LogP contribution >= 0.6 is 0 Å². The number of hydrogen-bond acceptors (Lipinski definition) is 7. The molecular formula is C36H46FN5O4. The average molecular weight is 632 g/mol. The van der Waals surface area contributed by atoms with E-state index in [1.54, 1.807) is 12.4 Å². The summed E-state index contributed by atoms with van der Waals surface area (Å²) in [5.41, 5.74) is 3.07. The molecule has 2 aliphatic rings. The van der Waals surface area contributed by atoms with Gasteiger partial charge in [-0.05, 0) is 55.5 Å². The summed E-state index contributed by atoms with van der Waals surface area (Å²) in [4.78, 5) is 35.5. The number of nitrogens with zero attached hydrogens (tertiary/aromatic N) is 3. The maximum absolute atomic E-state index is 16.5. The van der Waals surface area contributed by atoms with E-state index in [1.165, 1.54) is 0 Å². The van der Waals surface area contributed by atoms with Gasteiger partial charge in [0.2, 0.25) is 11.8 Å². The number of aromatic nitrogens is 1. The molecule has 1 aliphatic carbocycles. The van der Waals surface area contributed by atoms with Gasteiger partial charge in [0, 0.05) is 57.1 Å². The second-order valence-corrected chi connectivity index (χ2v) is 13.6. The van der Waals surface area contributed by atoms with Crippen molar-refractivity contribution in [3.05, 3.63) is 101 Å². The topological polar surface area (TPSA) is 118 Å². The summed E-state index contributed by atoms with van der Waals surface area (Å²) < 4.78 is 16.5. The quantitative estimate of drug-likeness (QED) is 0.257. The van der Waals surface area contributed by atoms with Crippen molar-refractivity contribution in [1.82, 2.24) is 25.4 Å². The molecule has 1 aliphatic heterocycles. The predicted octanol–water partition coefficient (Wildman–Crippen LogP) is 2.81. The highest BCUT2D eigenvalue weighted by atomic mass is 19.1. The second kappa shape index (κ2) is 14.8. The van der Waals surface area contributed by atoms with E-state index in [9.17, 15) is 19.8 Å². The molecular weight excluding hydrogens is 585 g/mol. The van der Waals surface area contributed by atoms with E-state index in [-0.39, 0.29) is 18.9 Å². The summed E-state index contributed by atoms with van der Waals surface area (Å²) >= 11 is 0. The van der Waals surface area contributed by atoms with Crippen LogP contribution in [-0.2, 0) is 29.0 Å². The summed E-state index contributed by atoms with van der Waals surface area (Å²) in [6, 6.07) is 19.2. The molecule has 5 rings (SSSR count). The number of benzene rings is 2. The van der Waals surface area contributed by atoms with Gasteiger partial charge in [0.25, 0.3) is 0 Å². The highest BCUT2D eigenvalue weighted by Gasteiger charge is 2.41. The zero-order chi connectivity index (χ0) is 32.8. The summed E-state index contributed by atoms with van der Waals surface area (Å²) in [7, 11) is 0. The van der Waals surface area contributed by atoms with Crippen molar-refractivity contribution in [3.8, 4) is 0 Å². The molecule has 0 spiro atoms. The Morgan fingerprint density at radius 1 is 1.02 bits per heavy atom. The maximum atomic E-state index is 16.5. The van der Waals surface area contributed by atoms with E-state index < -0.39 is 47.8 Å². The monoisotopic (exact) mass is 631 g/mol. The molecule has 0 saturated carbocycles. The van der Waals surface area contributed by atoms with E-state index in [2.05, 4.69) is 20.5 Å². The van der Waals surface area contributed by atoms with Gasteiger partial charge in [-0.3, -0.25) is 24.4 Å². The number of β-amino-alcohol motifs (C(OH)–C–C–N with tert-alkyl or cyclic N) is 1. The van der Waals surface area contributed by atoms with Crippen LogP contribution in [-0.4, -0.2) is 93.0 Å². The molecule has 2 heterocycles. The Bertz CT molecular complexity index is 1450. The molecule has 2 aromatic carbocycles. The fourth-order valence-electron chi connectivity index (χ4n) is 6.53. The third-order valence-corrected chi connectivity index (χ3v) is 8.82. The number of hydrogen-bond donors (Lipinski definition) is 4. The number of nitrogens with one attached hydrogen (secondary N) is 2. The Morgan fingerprint density at radius 3 is 2.46 bits per heavy atom. The second-order valence-electron chi connectivity index (χ2n) is 13.6. The predicted molar refractivity (Wildman–Crippen MR) is 174 cm³/mol. The van der Waals surface area contributed by atoms with Gasteiger partial charge >= 0.3 is 0 Å². The average Bonchev–Trinajstić information content (AvgIpc) is 3.34. The van der Waals surface area contributed by atoms with Crippen LogP contribution in [0.15, 0.2) is 79.1 Å². The molecule has 10 heteroatoms. The van der Waals surface area contributed by atoms with Crippen LogP contribution in [0, 0.1) is 5.92 Å². The van der Waals surface area contributed by atoms with Gasteiger partial charge in [0.15, 0.2) is 0 Å². The molecule has 246 valence electrons. The summed E-state index contributed by atoms with van der Waals surface area (Å²) in [5, 5.41) is 28.1. The first-order chi connectivity index (χ1) is 22.0. The number of aliphatic hydroxyl groups is 2. The first-order valence-electron chi connectivity index (χ1n) is 16.1. The lowest BCUT2D eigenvalue weighted by Gasteiger charge is -2.42. The van der Waals surface area contributed by atoms with Crippen molar-refractivity contribution in [2.45, 2.75) is 76.2 Å². The SMILES string of the molecule is CC(C)(C)NC(=O)[C@@H]1CN(Cc2cccnc2)CCN1C[C@@H](O)[C@H](F)[C@@H](Cc1ccccc1)C(=O)NC1c2ccccc2C[C@H]1O. The Kier molecular flexibility index (Phi) is 10.8. The molecule has 9 nitrogen and oxygen atoms in total. The summed E-state index contributed by atoms with van der Waals surface area (Å²) in [6.45, 7) is 7.67. The molecule has 1 saturated heterocycles. The van der Waals surface area contributed by atoms with E-state index in [0.717, 1.165) is 22.3 Å². The first kappa shape index (κ1) is 33.7. The Balaban J connectivity index is 1.32. The number of fused-ring (bicyclic) bond motifs is 1. The lowest BCUT2D eigenvalue weighted by Crippen LogP contribution is -2.62. The number of pyridine rings is 1. The van der Waals surface area contributed by atoms with Gasteiger partial charge in [0.1, 0.15) is 12.2 Å². The van der Waals surface area contributed by atoms with Crippen LogP contribution < -0.4 is 10.6 Å². The first-order valence-corrected chi connectivity index (χ1v) is 16.1. The van der Waals surface area contributed by atoms with E-state index in [0.29, 0.717) is 32.6 Å². The lowest BCUT2D eigenvalue weighted by molar-refractivity contribution is -0.135. The Hall–Kier alpha value is -3.70. The minimum Gasteiger partial charge on any atom is -0.390 e. The van der Waals surface area contributed by atoms with Crippen LogP contribution in [0.4, 0.5) is 4.39 Å². The lowest BCUT2D eigenvalue weighted by atomic mass is 9.90. The van der Waals surface area contributed by atoms with E-state index >= 15 is 4.39 Å². The van der Waals surface area contributed by atoms with Crippen LogP contribution in [0.1, 0.15) is 49.1 Å². The minimum atomic E-state index is -1.92. The number of amides is 2. The fourth-order valence-corrected chi connectivity index (χ4v) is 6.53. The number of carbonyl (C=O) groups is 2. The number of rotatable bonds is 11. The smallest absolute Gasteiger partial charge is 0.239 e. The van der Waals surface area contributed by atoms with Crippen molar-refractivity contribution in [2.24, 2.45) is 5.92 Å². The number of alkyl halides is 1. The third-order valence-electron chi connectivity index (χ3n) is 8.82. The van der Waals surface area contributed by atoms with Gasteiger partial charge in [-0.15, -0.1) is 0 Å². The molecule has 0 bridgehead atoms. The molecule has 1 fully saturated rings. The van der Waals surface area contributed by atoms with Crippen molar-refractivity contribution < 1.29 is 24.2 Å². The zero-order valence-electron chi connectivity index (χ0n) is 26.8. The van der Waals surface area contributed by atoms with Crippen molar-refractivity contribution >= 4 is 11.8 Å². The van der Waals surface area contributed by atoms with E-state index in [1.807, 2.05) is 92.4 Å². The van der Waals surface area contributed by atoms with Crippen LogP contribution in [0.5, 0.6) is 0 Å². The number of aliphatic hydroxyl groups excluding tert-OH is 2. The van der Waals surface area contributed by atoms with Crippen LogP contribution in [0.2, 0.25) is 0 Å². The van der Waals surface area contributed by atoms with Gasteiger partial charge in [-0.25, -0.2) is 4.39 Å². The standard InChI is InChI=1S/C36H46FN5O4/c1-36(2,3)40-35(46)29-22-41(21-25-12-9-15-38-20-25)16-17-42(29)23-31(44)32(37)28(18-24-10-5-4-6-11-24)34(45)39-33-27-14-8-7-13-26(27)19-30(33)43/h4-15,20,28-33,43-44H,16-19,21-23H2,1-3H3,(H,39,45)(H,40,46)/t28-,29+,30-,31-,32-,33?/m1/s1. The highest BCUT2D eigenvalue weighted by Crippen LogP contribution is 2.32. The molecule has 3 aromatic rings. The van der Waals surface area contributed by atoms with Gasteiger partial charge in [-0.2, -0.15) is 0 Å². The zero-order valence-corrected chi connectivity index (χ0v) is 26.8. The van der Waals surface area contributed by atoms with Gasteiger partial charge in [-0.1, -0.05) is 60.7 Å². The van der Waals surface area contributed by atoms with Crippen LogP contribution in [0.3, 0.4) is 0 Å². The highest BCUT2D eigenvalue weighted by molar-refractivity contribution is 5.83. The fraction of sp³-hybridized carbons (Fsp3) is 0.472. The van der Waals surface area contributed by atoms with Gasteiger partial charge in [0.05, 0.1) is 24.2 Å². The molecule has 46 heavy (non-hydrogen) atoms. The Labute approximate surface area is 270 Å². The molecule has 1 aromatic heterocycles. The third kappa shape index (κ3) is 8.55. The molecule has 0 radical (unpaired) electrons. The van der Waals surface area contributed by atoms with Gasteiger partial charge < -0.3 is 20.8 Å². The van der Waals surface area contributed by atoms with Crippen molar-refractivity contribution in [1.29, 1.82) is 0 Å². The van der Waals surface area contributed by atoms with Crippen LogP contribution in [0.25, 0.3) is 0 Å². The number of carbonyl (C=O) groups excluding carboxylic acids is 2. The van der Waals surface area contributed by atoms with E-state index in [4.69, 9.17) is 0 Å². The summed E-state index contributed by atoms with van der Waals surface area (Å²) in [6.07, 6.45) is -0.292. The van der Waals surface area contributed by atoms with Crippen molar-refractivity contribution in [3.63, 3.8) is 0 Å². The summed E-state index contributed by atoms with van der Waals surface area (Å²) in [5.74, 6) is -1.98. The molecule has 6 atom stereocenters. The van der Waals surface area contributed by atoms with Crippen molar-refractivity contribution in [2.75, 3.05) is 26.2 Å². The minimum absolute atomic E-state index is 0.0716. The largest absolute Gasteiger partial charge is 0.390 e. The number of halogens is 1. The Morgan fingerprint density at radius 2 is 1.74 bits per heavy atom.